The van der Waals surface area contributed by atoms with E-state index in [1.165, 1.54) is 5.56 Å². The van der Waals surface area contributed by atoms with E-state index in [0.717, 1.165) is 32.7 Å². The molecule has 1 aromatic rings. The summed E-state index contributed by atoms with van der Waals surface area (Å²) >= 11 is 0. The third-order valence-electron chi connectivity index (χ3n) is 4.60. The highest BCUT2D eigenvalue weighted by atomic mass is 16.2. The van der Waals surface area contributed by atoms with Crippen molar-refractivity contribution in [2.45, 2.75) is 38.8 Å². The van der Waals surface area contributed by atoms with Crippen LogP contribution in [0.3, 0.4) is 0 Å². The number of nitrogens with zero attached hydrogens (tertiary/aromatic N) is 2. The molecule has 0 saturated carbocycles. The number of rotatable bonds is 5. The van der Waals surface area contributed by atoms with E-state index in [2.05, 4.69) is 29.2 Å². The van der Waals surface area contributed by atoms with Gasteiger partial charge in [0, 0.05) is 32.7 Å². The molecule has 2 N–H and O–H groups in total. The fraction of sp³-hybridized carbons (Fsp3) is 0.588. The molecular formula is C17H27N3O. The first-order chi connectivity index (χ1) is 10.1. The molecule has 1 fully saturated rings. The first-order valence-corrected chi connectivity index (χ1v) is 7.93. The van der Waals surface area contributed by atoms with E-state index in [-0.39, 0.29) is 5.91 Å². The third-order valence-corrected chi connectivity index (χ3v) is 4.60. The average Bonchev–Trinajstić information content (AvgIpc) is 2.55. The van der Waals surface area contributed by atoms with Gasteiger partial charge in [-0.2, -0.15) is 0 Å². The van der Waals surface area contributed by atoms with Crippen LogP contribution in [0, 0.1) is 0 Å². The van der Waals surface area contributed by atoms with Gasteiger partial charge in [0.2, 0.25) is 5.91 Å². The quantitative estimate of drug-likeness (QED) is 0.900. The smallest absolute Gasteiger partial charge is 0.242 e. The standard InChI is InChI=1S/C17H27N3O/c1-3-17(18,4-2)16(21)20-12-10-19(11-13-20)14-15-8-6-5-7-9-15/h5-9H,3-4,10-14,18H2,1-2H3. The first-order valence-electron chi connectivity index (χ1n) is 7.93. The summed E-state index contributed by atoms with van der Waals surface area (Å²) in [4.78, 5) is 16.9. The molecule has 1 heterocycles. The fourth-order valence-electron chi connectivity index (χ4n) is 2.82. The van der Waals surface area contributed by atoms with Gasteiger partial charge in [-0.25, -0.2) is 0 Å². The lowest BCUT2D eigenvalue weighted by Crippen LogP contribution is -2.59. The molecule has 0 atom stereocenters. The summed E-state index contributed by atoms with van der Waals surface area (Å²) in [6.07, 6.45) is 1.40. The first kappa shape index (κ1) is 16.0. The minimum absolute atomic E-state index is 0.117. The maximum absolute atomic E-state index is 12.5. The Kier molecular flexibility index (Phi) is 5.37. The van der Waals surface area contributed by atoms with Crippen molar-refractivity contribution in [3.05, 3.63) is 35.9 Å². The lowest BCUT2D eigenvalue weighted by atomic mass is 9.92. The monoisotopic (exact) mass is 289 g/mol. The van der Waals surface area contributed by atoms with E-state index >= 15 is 0 Å². The van der Waals surface area contributed by atoms with Crippen molar-refractivity contribution >= 4 is 5.91 Å². The molecule has 0 bridgehead atoms. The molecule has 21 heavy (non-hydrogen) atoms. The van der Waals surface area contributed by atoms with Crippen LogP contribution in [-0.2, 0) is 11.3 Å². The Hall–Kier alpha value is -1.39. The summed E-state index contributed by atoms with van der Waals surface area (Å²) in [5.41, 5.74) is 6.87. The van der Waals surface area contributed by atoms with Gasteiger partial charge in [0.15, 0.2) is 0 Å². The van der Waals surface area contributed by atoms with Crippen molar-refractivity contribution in [3.63, 3.8) is 0 Å². The highest BCUT2D eigenvalue weighted by Gasteiger charge is 2.35. The highest BCUT2D eigenvalue weighted by molar-refractivity contribution is 5.86. The summed E-state index contributed by atoms with van der Waals surface area (Å²) in [5, 5.41) is 0. The Morgan fingerprint density at radius 2 is 1.67 bits per heavy atom. The summed E-state index contributed by atoms with van der Waals surface area (Å²) in [6, 6.07) is 10.5. The predicted octanol–water partition coefficient (Wildman–Crippen LogP) is 1.85. The number of hydrogen-bond acceptors (Lipinski definition) is 3. The van der Waals surface area contributed by atoms with Gasteiger partial charge in [-0.05, 0) is 18.4 Å². The van der Waals surface area contributed by atoms with Crippen molar-refractivity contribution in [2.75, 3.05) is 26.2 Å². The second kappa shape index (κ2) is 7.05. The van der Waals surface area contributed by atoms with E-state index in [0.29, 0.717) is 12.8 Å². The normalized spacial score (nSPS) is 17.0. The Labute approximate surface area is 127 Å². The van der Waals surface area contributed by atoms with E-state index < -0.39 is 5.54 Å². The third kappa shape index (κ3) is 3.83. The van der Waals surface area contributed by atoms with Crippen molar-refractivity contribution in [1.29, 1.82) is 0 Å². The summed E-state index contributed by atoms with van der Waals surface area (Å²) < 4.78 is 0. The zero-order valence-corrected chi connectivity index (χ0v) is 13.2. The Morgan fingerprint density at radius 3 is 2.19 bits per heavy atom. The van der Waals surface area contributed by atoms with Crippen LogP contribution in [0.2, 0.25) is 0 Å². The van der Waals surface area contributed by atoms with Crippen LogP contribution >= 0.6 is 0 Å². The molecule has 0 radical (unpaired) electrons. The second-order valence-corrected chi connectivity index (χ2v) is 5.92. The van der Waals surface area contributed by atoms with E-state index in [1.807, 2.05) is 24.8 Å². The van der Waals surface area contributed by atoms with Gasteiger partial charge in [0.05, 0.1) is 5.54 Å². The largest absolute Gasteiger partial charge is 0.339 e. The maximum Gasteiger partial charge on any atom is 0.242 e. The van der Waals surface area contributed by atoms with Crippen LogP contribution in [0.25, 0.3) is 0 Å². The van der Waals surface area contributed by atoms with Gasteiger partial charge >= 0.3 is 0 Å². The van der Waals surface area contributed by atoms with Gasteiger partial charge in [-0.1, -0.05) is 44.2 Å². The SMILES string of the molecule is CCC(N)(CC)C(=O)N1CCN(Cc2ccccc2)CC1. The average molecular weight is 289 g/mol. The summed E-state index contributed by atoms with van der Waals surface area (Å²) in [5.74, 6) is 0.117. The van der Waals surface area contributed by atoms with E-state index in [4.69, 9.17) is 5.73 Å². The lowest BCUT2D eigenvalue weighted by Gasteiger charge is -2.39. The van der Waals surface area contributed by atoms with Crippen molar-refractivity contribution in [2.24, 2.45) is 5.73 Å². The van der Waals surface area contributed by atoms with Gasteiger partial charge in [-0.15, -0.1) is 0 Å². The Balaban J connectivity index is 1.87. The number of amides is 1. The number of hydrogen-bond donors (Lipinski definition) is 1. The molecule has 1 aromatic carbocycles. The van der Waals surface area contributed by atoms with Crippen molar-refractivity contribution < 1.29 is 4.79 Å². The molecule has 1 amide bonds. The van der Waals surface area contributed by atoms with Crippen molar-refractivity contribution in [3.8, 4) is 0 Å². The van der Waals surface area contributed by atoms with Crippen LogP contribution in [0.15, 0.2) is 30.3 Å². The predicted molar refractivity (Wildman–Crippen MR) is 85.8 cm³/mol. The number of piperazine rings is 1. The molecule has 0 spiro atoms. The van der Waals surface area contributed by atoms with Crippen LogP contribution < -0.4 is 5.73 Å². The second-order valence-electron chi connectivity index (χ2n) is 5.92. The maximum atomic E-state index is 12.5. The van der Waals surface area contributed by atoms with E-state index in [9.17, 15) is 4.79 Å². The van der Waals surface area contributed by atoms with Crippen LogP contribution in [-0.4, -0.2) is 47.4 Å². The van der Waals surface area contributed by atoms with Gasteiger partial charge in [0.25, 0.3) is 0 Å². The molecule has 2 rings (SSSR count). The number of nitrogens with two attached hydrogens (primary N) is 1. The van der Waals surface area contributed by atoms with Crippen LogP contribution in [0.1, 0.15) is 32.3 Å². The summed E-state index contributed by atoms with van der Waals surface area (Å²) in [7, 11) is 0. The van der Waals surface area contributed by atoms with Gasteiger partial charge < -0.3 is 10.6 Å². The van der Waals surface area contributed by atoms with Gasteiger partial charge in [0.1, 0.15) is 0 Å². The molecule has 1 aliphatic rings. The molecular weight excluding hydrogens is 262 g/mol. The molecule has 1 aliphatic heterocycles. The Bertz CT molecular complexity index is 448. The molecule has 0 aliphatic carbocycles. The Morgan fingerprint density at radius 1 is 1.10 bits per heavy atom. The zero-order chi connectivity index (χ0) is 15.3. The number of carbonyl (C=O) groups is 1. The van der Waals surface area contributed by atoms with Crippen molar-refractivity contribution in [1.82, 2.24) is 9.80 Å². The molecule has 1 saturated heterocycles. The van der Waals surface area contributed by atoms with Crippen LogP contribution in [0.4, 0.5) is 0 Å². The molecule has 4 heteroatoms. The topological polar surface area (TPSA) is 49.6 Å². The fourth-order valence-corrected chi connectivity index (χ4v) is 2.82. The molecule has 0 unspecified atom stereocenters. The molecule has 0 aromatic heterocycles. The number of benzene rings is 1. The highest BCUT2D eigenvalue weighted by Crippen LogP contribution is 2.17. The minimum Gasteiger partial charge on any atom is -0.339 e. The molecule has 116 valence electrons. The number of carbonyl (C=O) groups excluding carboxylic acids is 1. The van der Waals surface area contributed by atoms with Gasteiger partial charge in [-0.3, -0.25) is 9.69 Å². The summed E-state index contributed by atoms with van der Waals surface area (Å²) in [6.45, 7) is 8.35. The van der Waals surface area contributed by atoms with Crippen LogP contribution in [0.5, 0.6) is 0 Å². The lowest BCUT2D eigenvalue weighted by molar-refractivity contribution is -0.139. The minimum atomic E-state index is -0.679. The molecule has 4 nitrogen and oxygen atoms in total. The van der Waals surface area contributed by atoms with E-state index in [1.54, 1.807) is 0 Å². The zero-order valence-electron chi connectivity index (χ0n) is 13.2.